The lowest BCUT2D eigenvalue weighted by atomic mass is 9.99. The van der Waals surface area contributed by atoms with Crippen molar-refractivity contribution in [1.29, 1.82) is 0 Å². The highest BCUT2D eigenvalue weighted by Crippen LogP contribution is 2.40. The molecule has 0 bridgehead atoms. The van der Waals surface area contributed by atoms with E-state index in [1.54, 1.807) is 0 Å². The number of aromatic nitrogens is 3. The van der Waals surface area contributed by atoms with E-state index in [0.717, 1.165) is 17.8 Å². The molecule has 0 spiro atoms. The molecule has 4 nitrogen and oxygen atoms in total. The van der Waals surface area contributed by atoms with E-state index in [1.807, 2.05) is 18.5 Å². The molecule has 0 radical (unpaired) electrons. The lowest BCUT2D eigenvalue weighted by molar-refractivity contribution is 0.425. The van der Waals surface area contributed by atoms with Gasteiger partial charge in [0.2, 0.25) is 0 Å². The molecule has 0 amide bonds. The standard InChI is InChI=1S/C14H20N4/c1-3-9(2)13(15)14-17-11-8-16-7-6-12(11)18(14)10-4-5-10/h6-10,13H,3-5,15H2,1-2H3. The molecule has 2 aromatic heterocycles. The Morgan fingerprint density at radius 2 is 2.28 bits per heavy atom. The Morgan fingerprint density at radius 3 is 2.94 bits per heavy atom. The maximum absolute atomic E-state index is 6.38. The first-order valence-corrected chi connectivity index (χ1v) is 6.79. The van der Waals surface area contributed by atoms with Crippen LogP contribution in [0.5, 0.6) is 0 Å². The molecule has 4 heteroatoms. The van der Waals surface area contributed by atoms with Crippen molar-refractivity contribution >= 4 is 11.0 Å². The molecule has 2 heterocycles. The molecule has 2 atom stereocenters. The molecular formula is C14H20N4. The molecule has 3 rings (SSSR count). The third kappa shape index (κ3) is 1.81. The van der Waals surface area contributed by atoms with E-state index in [-0.39, 0.29) is 6.04 Å². The van der Waals surface area contributed by atoms with E-state index in [2.05, 4.69) is 23.4 Å². The van der Waals surface area contributed by atoms with E-state index in [1.165, 1.54) is 18.4 Å². The van der Waals surface area contributed by atoms with Crippen LogP contribution in [0.4, 0.5) is 0 Å². The van der Waals surface area contributed by atoms with Gasteiger partial charge in [-0.2, -0.15) is 0 Å². The number of hydrogen-bond acceptors (Lipinski definition) is 3. The second kappa shape index (κ2) is 4.35. The average Bonchev–Trinajstić information content (AvgIpc) is 3.16. The third-order valence-electron chi connectivity index (χ3n) is 3.99. The lowest BCUT2D eigenvalue weighted by Crippen LogP contribution is -2.22. The van der Waals surface area contributed by atoms with Crippen LogP contribution >= 0.6 is 0 Å². The molecule has 96 valence electrons. The second-order valence-corrected chi connectivity index (χ2v) is 5.35. The molecule has 2 aromatic rings. The van der Waals surface area contributed by atoms with Crippen molar-refractivity contribution < 1.29 is 0 Å². The van der Waals surface area contributed by atoms with E-state index >= 15 is 0 Å². The van der Waals surface area contributed by atoms with Crippen molar-refractivity contribution in [1.82, 2.24) is 14.5 Å². The van der Waals surface area contributed by atoms with Gasteiger partial charge in [0, 0.05) is 12.2 Å². The molecule has 0 aromatic carbocycles. The van der Waals surface area contributed by atoms with Crippen LogP contribution in [0.3, 0.4) is 0 Å². The van der Waals surface area contributed by atoms with Crippen LogP contribution in [-0.2, 0) is 0 Å². The molecule has 1 aliphatic carbocycles. The summed E-state index contributed by atoms with van der Waals surface area (Å²) in [6.07, 6.45) is 7.23. The Balaban J connectivity index is 2.12. The Kier molecular flexibility index (Phi) is 2.82. The summed E-state index contributed by atoms with van der Waals surface area (Å²) >= 11 is 0. The van der Waals surface area contributed by atoms with Gasteiger partial charge in [-0.15, -0.1) is 0 Å². The molecule has 18 heavy (non-hydrogen) atoms. The van der Waals surface area contributed by atoms with Gasteiger partial charge >= 0.3 is 0 Å². The minimum atomic E-state index is 0.0167. The molecule has 0 saturated heterocycles. The van der Waals surface area contributed by atoms with E-state index in [0.29, 0.717) is 12.0 Å². The minimum absolute atomic E-state index is 0.0167. The number of hydrogen-bond donors (Lipinski definition) is 1. The van der Waals surface area contributed by atoms with Gasteiger partial charge in [-0.3, -0.25) is 4.98 Å². The number of rotatable bonds is 4. The zero-order chi connectivity index (χ0) is 12.7. The summed E-state index contributed by atoms with van der Waals surface area (Å²) in [5.74, 6) is 1.49. The molecule has 2 unspecified atom stereocenters. The van der Waals surface area contributed by atoms with Crippen molar-refractivity contribution in [3.8, 4) is 0 Å². The first kappa shape index (κ1) is 11.7. The fraction of sp³-hybridized carbons (Fsp3) is 0.571. The monoisotopic (exact) mass is 244 g/mol. The zero-order valence-electron chi connectivity index (χ0n) is 11.0. The summed E-state index contributed by atoms with van der Waals surface area (Å²) in [6, 6.07) is 2.67. The Morgan fingerprint density at radius 1 is 1.50 bits per heavy atom. The number of nitrogens with zero attached hydrogens (tertiary/aromatic N) is 3. The highest BCUT2D eigenvalue weighted by Gasteiger charge is 2.31. The molecular weight excluding hydrogens is 224 g/mol. The van der Waals surface area contributed by atoms with Crippen molar-refractivity contribution in [2.24, 2.45) is 11.7 Å². The van der Waals surface area contributed by atoms with Crippen LogP contribution in [0.25, 0.3) is 11.0 Å². The first-order valence-electron chi connectivity index (χ1n) is 6.79. The fourth-order valence-corrected chi connectivity index (χ4v) is 2.43. The highest BCUT2D eigenvalue weighted by molar-refractivity contribution is 5.75. The van der Waals surface area contributed by atoms with Gasteiger partial charge in [0.15, 0.2) is 0 Å². The van der Waals surface area contributed by atoms with Gasteiger partial charge in [-0.25, -0.2) is 4.98 Å². The number of fused-ring (bicyclic) bond motifs is 1. The number of nitrogens with two attached hydrogens (primary N) is 1. The first-order chi connectivity index (χ1) is 8.72. The fourth-order valence-electron chi connectivity index (χ4n) is 2.43. The molecule has 1 fully saturated rings. The predicted molar refractivity (Wildman–Crippen MR) is 72.2 cm³/mol. The summed E-state index contributed by atoms with van der Waals surface area (Å²) < 4.78 is 2.34. The Labute approximate surface area is 107 Å². The second-order valence-electron chi connectivity index (χ2n) is 5.35. The van der Waals surface area contributed by atoms with Crippen LogP contribution in [0.15, 0.2) is 18.5 Å². The number of pyridine rings is 1. The van der Waals surface area contributed by atoms with Gasteiger partial charge in [0.1, 0.15) is 11.3 Å². The zero-order valence-corrected chi connectivity index (χ0v) is 11.0. The minimum Gasteiger partial charge on any atom is -0.323 e. The SMILES string of the molecule is CCC(C)C(N)c1nc2cnccc2n1C1CC1. The van der Waals surface area contributed by atoms with Gasteiger partial charge in [-0.05, 0) is 24.8 Å². The van der Waals surface area contributed by atoms with Gasteiger partial charge < -0.3 is 10.3 Å². The average molecular weight is 244 g/mol. The summed E-state index contributed by atoms with van der Waals surface area (Å²) in [5.41, 5.74) is 8.53. The van der Waals surface area contributed by atoms with Gasteiger partial charge in [0.25, 0.3) is 0 Å². The summed E-state index contributed by atoms with van der Waals surface area (Å²) in [6.45, 7) is 4.37. The normalized spacial score (nSPS) is 19.1. The van der Waals surface area contributed by atoms with Gasteiger partial charge in [-0.1, -0.05) is 20.3 Å². The summed E-state index contributed by atoms with van der Waals surface area (Å²) in [4.78, 5) is 8.87. The smallest absolute Gasteiger partial charge is 0.127 e. The van der Waals surface area contributed by atoms with Crippen LogP contribution in [-0.4, -0.2) is 14.5 Å². The van der Waals surface area contributed by atoms with E-state index in [4.69, 9.17) is 10.7 Å². The lowest BCUT2D eigenvalue weighted by Gasteiger charge is -2.19. The van der Waals surface area contributed by atoms with Gasteiger partial charge in [0.05, 0.1) is 17.8 Å². The highest BCUT2D eigenvalue weighted by atomic mass is 15.2. The summed E-state index contributed by atoms with van der Waals surface area (Å²) in [5, 5.41) is 0. The van der Waals surface area contributed by atoms with Crippen molar-refractivity contribution in [2.45, 2.75) is 45.2 Å². The predicted octanol–water partition coefficient (Wildman–Crippen LogP) is 2.81. The van der Waals surface area contributed by atoms with Crippen molar-refractivity contribution in [3.63, 3.8) is 0 Å². The number of imidazole rings is 1. The Hall–Kier alpha value is -1.42. The van der Waals surface area contributed by atoms with Crippen LogP contribution in [0.2, 0.25) is 0 Å². The molecule has 0 aliphatic heterocycles. The van der Waals surface area contributed by atoms with Crippen LogP contribution in [0, 0.1) is 5.92 Å². The third-order valence-corrected chi connectivity index (χ3v) is 3.99. The Bertz CT molecular complexity index is 556. The van der Waals surface area contributed by atoms with E-state index < -0.39 is 0 Å². The largest absolute Gasteiger partial charge is 0.323 e. The molecule has 2 N–H and O–H groups in total. The van der Waals surface area contributed by atoms with Crippen LogP contribution in [0.1, 0.15) is 51.0 Å². The molecule has 1 aliphatic rings. The van der Waals surface area contributed by atoms with E-state index in [9.17, 15) is 0 Å². The quantitative estimate of drug-likeness (QED) is 0.899. The maximum atomic E-state index is 6.38. The summed E-state index contributed by atoms with van der Waals surface area (Å²) in [7, 11) is 0. The van der Waals surface area contributed by atoms with Crippen molar-refractivity contribution in [3.05, 3.63) is 24.3 Å². The topological polar surface area (TPSA) is 56.7 Å². The van der Waals surface area contributed by atoms with Crippen molar-refractivity contribution in [2.75, 3.05) is 0 Å². The maximum Gasteiger partial charge on any atom is 0.127 e. The molecule has 1 saturated carbocycles. The van der Waals surface area contributed by atoms with Crippen LogP contribution < -0.4 is 5.73 Å².